The first-order chi connectivity index (χ1) is 12.0. The van der Waals surface area contributed by atoms with E-state index in [-0.39, 0.29) is 6.54 Å². The van der Waals surface area contributed by atoms with E-state index in [1.54, 1.807) is 12.1 Å². The summed E-state index contributed by atoms with van der Waals surface area (Å²) >= 11 is 0. The maximum absolute atomic E-state index is 13.5. The van der Waals surface area contributed by atoms with Gasteiger partial charge in [-0.2, -0.15) is 0 Å². The van der Waals surface area contributed by atoms with Crippen LogP contribution in [0.25, 0.3) is 0 Å². The Bertz CT molecular complexity index is 748. The number of hydrogen-bond donors (Lipinski definition) is 3. The fourth-order valence-corrected chi connectivity index (χ4v) is 1.89. The number of anilines is 1. The molecular weight excluding hydrogens is 337 g/mol. The predicted octanol–water partition coefficient (Wildman–Crippen LogP) is 2.39. The van der Waals surface area contributed by atoms with Crippen LogP contribution in [0.15, 0.2) is 39.9 Å². The van der Waals surface area contributed by atoms with E-state index in [9.17, 15) is 18.0 Å². The molecule has 0 spiro atoms. The van der Waals surface area contributed by atoms with Gasteiger partial charge in [-0.15, -0.1) is 0 Å². The lowest BCUT2D eigenvalue weighted by molar-refractivity contribution is -0.114. The van der Waals surface area contributed by atoms with Crippen LogP contribution in [0.3, 0.4) is 0 Å². The third kappa shape index (κ3) is 5.27. The van der Waals surface area contributed by atoms with Gasteiger partial charge < -0.3 is 20.4 Å². The number of halogens is 3. The Morgan fingerprint density at radius 1 is 1.16 bits per heavy atom. The highest BCUT2D eigenvalue weighted by atomic mass is 19.2. The molecule has 6 nitrogen and oxygen atoms in total. The minimum absolute atomic E-state index is 0.341. The zero-order valence-electron chi connectivity index (χ0n) is 13.4. The van der Waals surface area contributed by atoms with Gasteiger partial charge in [0.25, 0.3) is 0 Å². The number of nitrogens with zero attached hydrogens (tertiary/aromatic N) is 1. The summed E-state index contributed by atoms with van der Waals surface area (Å²) in [5, 5.41) is 8.02. The summed E-state index contributed by atoms with van der Waals surface area (Å²) in [5.74, 6) is -4.08. The lowest BCUT2D eigenvalue weighted by atomic mass is 10.3. The van der Waals surface area contributed by atoms with Gasteiger partial charge in [0.15, 0.2) is 23.4 Å². The van der Waals surface area contributed by atoms with E-state index < -0.39 is 29.0 Å². The fourth-order valence-electron chi connectivity index (χ4n) is 1.89. The van der Waals surface area contributed by atoms with Gasteiger partial charge in [0.1, 0.15) is 12.3 Å². The number of aliphatic imine (C=N–C) groups is 1. The molecule has 0 atom stereocenters. The van der Waals surface area contributed by atoms with Crippen LogP contribution in [0.5, 0.6) is 0 Å². The third-order valence-electron chi connectivity index (χ3n) is 3.04. The highest BCUT2D eigenvalue weighted by Crippen LogP contribution is 2.19. The smallest absolute Gasteiger partial charge is 0.246 e. The number of nitrogens with one attached hydrogen (secondary N) is 3. The SMILES string of the molecule is CCNC(=NCC(=O)Nc1ccc(F)c(F)c1F)NCc1ccco1. The number of carbonyl (C=O) groups excluding carboxylic acids is 1. The largest absolute Gasteiger partial charge is 0.467 e. The quantitative estimate of drug-likeness (QED) is 0.423. The summed E-state index contributed by atoms with van der Waals surface area (Å²) in [4.78, 5) is 15.9. The Morgan fingerprint density at radius 2 is 1.96 bits per heavy atom. The minimum Gasteiger partial charge on any atom is -0.467 e. The fraction of sp³-hybridized carbons (Fsp3) is 0.250. The van der Waals surface area contributed by atoms with E-state index in [4.69, 9.17) is 4.42 Å². The van der Waals surface area contributed by atoms with Gasteiger partial charge in [0.05, 0.1) is 18.5 Å². The molecule has 9 heteroatoms. The molecule has 134 valence electrons. The Morgan fingerprint density at radius 3 is 2.64 bits per heavy atom. The molecule has 25 heavy (non-hydrogen) atoms. The van der Waals surface area contributed by atoms with Crippen LogP contribution >= 0.6 is 0 Å². The molecule has 1 heterocycles. The second kappa shape index (κ2) is 8.76. The molecule has 1 aromatic carbocycles. The van der Waals surface area contributed by atoms with Crippen molar-refractivity contribution in [3.8, 4) is 0 Å². The average Bonchev–Trinajstić information content (AvgIpc) is 3.11. The molecule has 0 fully saturated rings. The summed E-state index contributed by atoms with van der Waals surface area (Å²) in [6, 6.07) is 5.18. The first kappa shape index (κ1) is 18.4. The molecule has 0 aliphatic heterocycles. The highest BCUT2D eigenvalue weighted by molar-refractivity contribution is 5.94. The summed E-state index contributed by atoms with van der Waals surface area (Å²) < 4.78 is 44.7. The number of furan rings is 1. The van der Waals surface area contributed by atoms with Gasteiger partial charge in [-0.1, -0.05) is 0 Å². The van der Waals surface area contributed by atoms with Crippen molar-refractivity contribution in [2.24, 2.45) is 4.99 Å². The predicted molar refractivity (Wildman–Crippen MR) is 86.5 cm³/mol. The van der Waals surface area contributed by atoms with E-state index in [0.29, 0.717) is 24.8 Å². The van der Waals surface area contributed by atoms with Gasteiger partial charge >= 0.3 is 0 Å². The molecule has 2 rings (SSSR count). The third-order valence-corrected chi connectivity index (χ3v) is 3.04. The Hall–Kier alpha value is -2.97. The standard InChI is InChI=1S/C16H17F3N4O2/c1-2-20-16(21-8-10-4-3-7-25-10)22-9-13(24)23-12-6-5-11(17)14(18)15(12)19/h3-7H,2,8-9H2,1H3,(H,23,24)(H2,20,21,22). The summed E-state index contributed by atoms with van der Waals surface area (Å²) in [5.41, 5.74) is -0.451. The van der Waals surface area contributed by atoms with E-state index >= 15 is 0 Å². The number of benzene rings is 1. The summed E-state index contributed by atoms with van der Waals surface area (Å²) in [6.07, 6.45) is 1.53. The molecule has 1 amide bonds. The molecule has 0 unspecified atom stereocenters. The monoisotopic (exact) mass is 354 g/mol. The van der Waals surface area contributed by atoms with Crippen LogP contribution in [0, 0.1) is 17.5 Å². The lowest BCUT2D eigenvalue weighted by Crippen LogP contribution is -2.37. The van der Waals surface area contributed by atoms with Crippen molar-refractivity contribution in [2.45, 2.75) is 13.5 Å². The Balaban J connectivity index is 1.94. The van der Waals surface area contributed by atoms with Crippen molar-refractivity contribution in [1.82, 2.24) is 10.6 Å². The Kier molecular flexibility index (Phi) is 6.44. The van der Waals surface area contributed by atoms with Crippen molar-refractivity contribution >= 4 is 17.6 Å². The number of amides is 1. The maximum atomic E-state index is 13.5. The van der Waals surface area contributed by atoms with Crippen LogP contribution in [-0.4, -0.2) is 25.0 Å². The van der Waals surface area contributed by atoms with Crippen molar-refractivity contribution in [2.75, 3.05) is 18.4 Å². The molecular formula is C16H17F3N4O2. The molecule has 0 saturated carbocycles. The van der Waals surface area contributed by atoms with E-state index in [1.807, 2.05) is 6.92 Å². The first-order valence-electron chi connectivity index (χ1n) is 7.49. The molecule has 0 aliphatic rings. The lowest BCUT2D eigenvalue weighted by Gasteiger charge is -2.10. The molecule has 0 saturated heterocycles. The highest BCUT2D eigenvalue weighted by Gasteiger charge is 2.15. The number of rotatable bonds is 6. The molecule has 0 bridgehead atoms. The van der Waals surface area contributed by atoms with Crippen molar-refractivity contribution in [1.29, 1.82) is 0 Å². The zero-order chi connectivity index (χ0) is 18.2. The minimum atomic E-state index is -1.64. The summed E-state index contributed by atoms with van der Waals surface area (Å²) in [6.45, 7) is 2.43. The average molecular weight is 354 g/mol. The van der Waals surface area contributed by atoms with Crippen LogP contribution in [0.4, 0.5) is 18.9 Å². The van der Waals surface area contributed by atoms with Crippen molar-refractivity contribution < 1.29 is 22.4 Å². The second-order valence-electron chi connectivity index (χ2n) is 4.90. The Labute approximate surface area is 142 Å². The molecule has 1 aromatic heterocycles. The first-order valence-corrected chi connectivity index (χ1v) is 7.49. The van der Waals surface area contributed by atoms with Crippen molar-refractivity contribution in [3.63, 3.8) is 0 Å². The van der Waals surface area contributed by atoms with Crippen LogP contribution in [0.2, 0.25) is 0 Å². The number of hydrogen-bond acceptors (Lipinski definition) is 3. The van der Waals surface area contributed by atoms with Gasteiger partial charge in [-0.05, 0) is 31.2 Å². The van der Waals surface area contributed by atoms with E-state index in [1.165, 1.54) is 6.26 Å². The zero-order valence-corrected chi connectivity index (χ0v) is 13.4. The van der Waals surface area contributed by atoms with Gasteiger partial charge in [0, 0.05) is 6.54 Å². The van der Waals surface area contributed by atoms with Crippen LogP contribution < -0.4 is 16.0 Å². The molecule has 0 radical (unpaired) electrons. The number of guanidine groups is 1. The van der Waals surface area contributed by atoms with Gasteiger partial charge in [-0.3, -0.25) is 4.79 Å². The molecule has 0 aliphatic carbocycles. The van der Waals surface area contributed by atoms with E-state index in [0.717, 1.165) is 12.1 Å². The second-order valence-corrected chi connectivity index (χ2v) is 4.90. The summed E-state index contributed by atoms with van der Waals surface area (Å²) in [7, 11) is 0. The topological polar surface area (TPSA) is 78.7 Å². The number of carbonyl (C=O) groups is 1. The van der Waals surface area contributed by atoms with Crippen LogP contribution in [-0.2, 0) is 11.3 Å². The molecule has 3 N–H and O–H groups in total. The van der Waals surface area contributed by atoms with Crippen LogP contribution in [0.1, 0.15) is 12.7 Å². The van der Waals surface area contributed by atoms with Gasteiger partial charge in [-0.25, -0.2) is 18.2 Å². The molecule has 2 aromatic rings. The van der Waals surface area contributed by atoms with E-state index in [2.05, 4.69) is 20.9 Å². The maximum Gasteiger partial charge on any atom is 0.246 e. The van der Waals surface area contributed by atoms with Gasteiger partial charge in [0.2, 0.25) is 5.91 Å². The van der Waals surface area contributed by atoms with Crippen molar-refractivity contribution in [3.05, 3.63) is 53.7 Å². The normalized spacial score (nSPS) is 11.3.